The lowest BCUT2D eigenvalue weighted by Crippen LogP contribution is -2.45. The molecule has 14 heavy (non-hydrogen) atoms. The quantitative estimate of drug-likeness (QED) is 0.705. The van der Waals surface area contributed by atoms with Gasteiger partial charge in [0.1, 0.15) is 0 Å². The molecule has 2 aliphatic carbocycles. The SMILES string of the molecule is CC(C)C1(CNC(=O)C2(N)CC2)CC1. The van der Waals surface area contributed by atoms with Gasteiger partial charge in [0.05, 0.1) is 5.54 Å². The second-order valence-corrected chi connectivity index (χ2v) is 5.36. The molecule has 0 radical (unpaired) electrons. The number of hydrogen-bond acceptors (Lipinski definition) is 2. The first-order valence-electron chi connectivity index (χ1n) is 5.56. The Morgan fingerprint density at radius 1 is 1.36 bits per heavy atom. The highest BCUT2D eigenvalue weighted by molar-refractivity contribution is 5.89. The van der Waals surface area contributed by atoms with Gasteiger partial charge in [-0.15, -0.1) is 0 Å². The standard InChI is InChI=1S/C11H20N2O/c1-8(2)10(3-4-10)7-13-9(14)11(12)5-6-11/h8H,3-7,12H2,1-2H3,(H,13,14). The molecule has 0 unspecified atom stereocenters. The molecule has 0 aromatic rings. The molecule has 2 saturated carbocycles. The molecule has 80 valence electrons. The largest absolute Gasteiger partial charge is 0.354 e. The van der Waals surface area contributed by atoms with E-state index >= 15 is 0 Å². The molecule has 0 saturated heterocycles. The zero-order valence-corrected chi connectivity index (χ0v) is 9.10. The van der Waals surface area contributed by atoms with Crippen LogP contribution in [0.15, 0.2) is 0 Å². The fourth-order valence-corrected chi connectivity index (χ4v) is 1.91. The lowest BCUT2D eigenvalue weighted by atomic mass is 9.92. The fraction of sp³-hybridized carbons (Fsp3) is 0.909. The fourth-order valence-electron chi connectivity index (χ4n) is 1.91. The number of carbonyl (C=O) groups is 1. The number of carbonyl (C=O) groups excluding carboxylic acids is 1. The average Bonchev–Trinajstić information content (AvgIpc) is 2.97. The van der Waals surface area contributed by atoms with Crippen molar-refractivity contribution < 1.29 is 4.79 Å². The Morgan fingerprint density at radius 3 is 2.29 bits per heavy atom. The van der Waals surface area contributed by atoms with Crippen LogP contribution >= 0.6 is 0 Å². The minimum atomic E-state index is -0.507. The summed E-state index contributed by atoms with van der Waals surface area (Å²) < 4.78 is 0. The van der Waals surface area contributed by atoms with E-state index in [9.17, 15) is 4.79 Å². The first kappa shape index (κ1) is 9.97. The lowest BCUT2D eigenvalue weighted by Gasteiger charge is -2.21. The Bertz CT molecular complexity index is 252. The number of amides is 1. The van der Waals surface area contributed by atoms with Gasteiger partial charge in [0, 0.05) is 6.54 Å². The third kappa shape index (κ3) is 1.65. The number of nitrogens with one attached hydrogen (secondary N) is 1. The van der Waals surface area contributed by atoms with Crippen LogP contribution in [0, 0.1) is 11.3 Å². The van der Waals surface area contributed by atoms with Gasteiger partial charge in [-0.1, -0.05) is 13.8 Å². The molecule has 2 rings (SSSR count). The topological polar surface area (TPSA) is 55.1 Å². The highest BCUT2D eigenvalue weighted by Gasteiger charge is 2.49. The van der Waals surface area contributed by atoms with Crippen molar-refractivity contribution in [2.75, 3.05) is 6.54 Å². The van der Waals surface area contributed by atoms with E-state index < -0.39 is 5.54 Å². The molecule has 1 amide bonds. The molecule has 3 N–H and O–H groups in total. The summed E-state index contributed by atoms with van der Waals surface area (Å²) in [4.78, 5) is 11.6. The molecule has 3 heteroatoms. The number of hydrogen-bond donors (Lipinski definition) is 2. The van der Waals surface area contributed by atoms with Crippen molar-refractivity contribution in [1.82, 2.24) is 5.32 Å². The van der Waals surface area contributed by atoms with Crippen LogP contribution in [0.2, 0.25) is 0 Å². The van der Waals surface area contributed by atoms with Gasteiger partial charge >= 0.3 is 0 Å². The van der Waals surface area contributed by atoms with Gasteiger partial charge in [0.2, 0.25) is 5.91 Å². The van der Waals surface area contributed by atoms with Crippen molar-refractivity contribution in [2.45, 2.75) is 45.1 Å². The van der Waals surface area contributed by atoms with E-state index in [0.717, 1.165) is 19.4 Å². The van der Waals surface area contributed by atoms with Crippen molar-refractivity contribution in [3.05, 3.63) is 0 Å². The Balaban J connectivity index is 1.80. The summed E-state index contributed by atoms with van der Waals surface area (Å²) in [5, 5.41) is 3.01. The number of nitrogens with two attached hydrogens (primary N) is 1. The molecule has 0 heterocycles. The van der Waals surface area contributed by atoms with Gasteiger partial charge in [-0.2, -0.15) is 0 Å². The molecule has 0 aromatic heterocycles. The molecule has 0 atom stereocenters. The van der Waals surface area contributed by atoms with E-state index in [2.05, 4.69) is 19.2 Å². The third-order valence-corrected chi connectivity index (χ3v) is 3.96. The summed E-state index contributed by atoms with van der Waals surface area (Å²) in [6, 6.07) is 0. The first-order chi connectivity index (χ1) is 6.49. The van der Waals surface area contributed by atoms with Gasteiger partial charge < -0.3 is 11.1 Å². The second kappa shape index (κ2) is 2.96. The van der Waals surface area contributed by atoms with Crippen molar-refractivity contribution in [2.24, 2.45) is 17.1 Å². The summed E-state index contributed by atoms with van der Waals surface area (Å²) in [5.74, 6) is 0.722. The smallest absolute Gasteiger partial charge is 0.240 e. The van der Waals surface area contributed by atoms with Crippen LogP contribution in [-0.4, -0.2) is 18.0 Å². The van der Waals surface area contributed by atoms with Gasteiger partial charge in [-0.3, -0.25) is 4.79 Å². The summed E-state index contributed by atoms with van der Waals surface area (Å²) in [6.07, 6.45) is 4.21. The van der Waals surface area contributed by atoms with Crippen molar-refractivity contribution >= 4 is 5.91 Å². The van der Waals surface area contributed by atoms with Crippen LogP contribution in [-0.2, 0) is 4.79 Å². The van der Waals surface area contributed by atoms with Crippen LogP contribution in [0.3, 0.4) is 0 Å². The molecule has 0 aliphatic heterocycles. The molecular weight excluding hydrogens is 176 g/mol. The predicted molar refractivity (Wildman–Crippen MR) is 55.7 cm³/mol. The third-order valence-electron chi connectivity index (χ3n) is 3.96. The lowest BCUT2D eigenvalue weighted by molar-refractivity contribution is -0.123. The molecule has 0 bridgehead atoms. The zero-order chi connectivity index (χ0) is 10.4. The summed E-state index contributed by atoms with van der Waals surface area (Å²) >= 11 is 0. The second-order valence-electron chi connectivity index (χ2n) is 5.36. The minimum Gasteiger partial charge on any atom is -0.354 e. The van der Waals surface area contributed by atoms with Gasteiger partial charge in [0.15, 0.2) is 0 Å². The van der Waals surface area contributed by atoms with E-state index in [-0.39, 0.29) is 5.91 Å². The van der Waals surface area contributed by atoms with E-state index in [1.807, 2.05) is 0 Å². The van der Waals surface area contributed by atoms with E-state index in [1.165, 1.54) is 12.8 Å². The van der Waals surface area contributed by atoms with Crippen LogP contribution < -0.4 is 11.1 Å². The Morgan fingerprint density at radius 2 is 1.93 bits per heavy atom. The zero-order valence-electron chi connectivity index (χ0n) is 9.10. The molecular formula is C11H20N2O. The maximum atomic E-state index is 11.6. The highest BCUT2D eigenvalue weighted by Crippen LogP contribution is 2.51. The Labute approximate surface area is 85.4 Å². The first-order valence-corrected chi connectivity index (χ1v) is 5.56. The molecule has 0 aromatic carbocycles. The van der Waals surface area contributed by atoms with Gasteiger partial charge in [-0.25, -0.2) is 0 Å². The normalized spacial score (nSPS) is 26.0. The maximum Gasteiger partial charge on any atom is 0.240 e. The van der Waals surface area contributed by atoms with Crippen LogP contribution in [0.4, 0.5) is 0 Å². The van der Waals surface area contributed by atoms with Crippen molar-refractivity contribution in [3.8, 4) is 0 Å². The average molecular weight is 196 g/mol. The molecule has 2 fully saturated rings. The van der Waals surface area contributed by atoms with E-state index in [0.29, 0.717) is 11.3 Å². The van der Waals surface area contributed by atoms with Crippen LogP contribution in [0.5, 0.6) is 0 Å². The van der Waals surface area contributed by atoms with Crippen LogP contribution in [0.25, 0.3) is 0 Å². The number of rotatable bonds is 4. The predicted octanol–water partition coefficient (Wildman–Crippen LogP) is 1.03. The molecule has 0 spiro atoms. The molecule has 2 aliphatic rings. The van der Waals surface area contributed by atoms with Gasteiger partial charge in [0.25, 0.3) is 0 Å². The van der Waals surface area contributed by atoms with E-state index in [4.69, 9.17) is 5.73 Å². The van der Waals surface area contributed by atoms with Crippen molar-refractivity contribution in [3.63, 3.8) is 0 Å². The maximum absolute atomic E-state index is 11.6. The highest BCUT2D eigenvalue weighted by atomic mass is 16.2. The Hall–Kier alpha value is -0.570. The minimum absolute atomic E-state index is 0.0597. The summed E-state index contributed by atoms with van der Waals surface area (Å²) in [7, 11) is 0. The monoisotopic (exact) mass is 196 g/mol. The van der Waals surface area contributed by atoms with Gasteiger partial charge in [-0.05, 0) is 37.0 Å². The Kier molecular flexibility index (Phi) is 2.11. The van der Waals surface area contributed by atoms with Crippen LogP contribution in [0.1, 0.15) is 39.5 Å². The molecule has 3 nitrogen and oxygen atoms in total. The van der Waals surface area contributed by atoms with Crippen molar-refractivity contribution in [1.29, 1.82) is 0 Å². The van der Waals surface area contributed by atoms with E-state index in [1.54, 1.807) is 0 Å². The summed E-state index contributed by atoms with van der Waals surface area (Å²) in [5.41, 5.74) is 5.69. The summed E-state index contributed by atoms with van der Waals surface area (Å²) in [6.45, 7) is 5.28.